The Hall–Kier alpha value is -1.40. The standard InChI is InChI=1S/C12H17N3O2S/c1-2-8-3-6-18-10(8)12(17)15-5-4-14-7-9(15)11(13)16/h3,6,9,14H,2,4-5,7H2,1H3,(H2,13,16). The van der Waals surface area contributed by atoms with Crippen molar-refractivity contribution in [3.63, 3.8) is 0 Å². The SMILES string of the molecule is CCc1ccsc1C(=O)N1CCNCC1C(N)=O. The molecule has 0 aliphatic carbocycles. The van der Waals surface area contributed by atoms with Gasteiger partial charge in [0.25, 0.3) is 5.91 Å². The fourth-order valence-electron chi connectivity index (χ4n) is 2.13. The van der Waals surface area contributed by atoms with E-state index >= 15 is 0 Å². The lowest BCUT2D eigenvalue weighted by atomic mass is 10.1. The van der Waals surface area contributed by atoms with Crippen LogP contribution < -0.4 is 11.1 Å². The average Bonchev–Trinajstić information content (AvgIpc) is 2.86. The van der Waals surface area contributed by atoms with Crippen molar-refractivity contribution in [3.8, 4) is 0 Å². The number of piperazine rings is 1. The monoisotopic (exact) mass is 267 g/mol. The third kappa shape index (κ3) is 2.39. The number of thiophene rings is 1. The molecule has 0 bridgehead atoms. The Morgan fingerprint density at radius 2 is 2.39 bits per heavy atom. The average molecular weight is 267 g/mol. The van der Waals surface area contributed by atoms with E-state index in [0.717, 1.165) is 16.9 Å². The number of carbonyl (C=O) groups excluding carboxylic acids is 2. The van der Waals surface area contributed by atoms with E-state index in [1.165, 1.54) is 11.3 Å². The topological polar surface area (TPSA) is 75.4 Å². The number of hydrogen-bond acceptors (Lipinski definition) is 4. The van der Waals surface area contributed by atoms with Crippen LogP contribution >= 0.6 is 11.3 Å². The Morgan fingerprint density at radius 3 is 3.06 bits per heavy atom. The van der Waals surface area contributed by atoms with E-state index in [2.05, 4.69) is 5.32 Å². The molecule has 1 atom stereocenters. The van der Waals surface area contributed by atoms with Crippen LogP contribution in [-0.2, 0) is 11.2 Å². The molecule has 2 amide bonds. The Morgan fingerprint density at radius 1 is 1.61 bits per heavy atom. The summed E-state index contributed by atoms with van der Waals surface area (Å²) in [5.74, 6) is -0.530. The van der Waals surface area contributed by atoms with Crippen LogP contribution in [0.3, 0.4) is 0 Å². The van der Waals surface area contributed by atoms with E-state index in [1.807, 2.05) is 18.4 Å². The van der Waals surface area contributed by atoms with E-state index in [9.17, 15) is 9.59 Å². The van der Waals surface area contributed by atoms with Crippen LogP contribution in [0, 0.1) is 0 Å². The summed E-state index contributed by atoms with van der Waals surface area (Å²) in [6.45, 7) is 3.67. The zero-order chi connectivity index (χ0) is 13.1. The van der Waals surface area contributed by atoms with Gasteiger partial charge in [0.05, 0.1) is 4.88 Å². The highest BCUT2D eigenvalue weighted by Gasteiger charge is 2.32. The Bertz CT molecular complexity index is 458. The molecule has 1 aromatic rings. The predicted molar refractivity (Wildman–Crippen MR) is 70.6 cm³/mol. The second kappa shape index (κ2) is 5.49. The lowest BCUT2D eigenvalue weighted by Gasteiger charge is -2.34. The molecule has 0 aromatic carbocycles. The summed E-state index contributed by atoms with van der Waals surface area (Å²) in [5.41, 5.74) is 6.38. The molecule has 1 fully saturated rings. The van der Waals surface area contributed by atoms with Gasteiger partial charge in [0.15, 0.2) is 0 Å². The van der Waals surface area contributed by atoms with Gasteiger partial charge < -0.3 is 16.0 Å². The van der Waals surface area contributed by atoms with E-state index < -0.39 is 11.9 Å². The van der Waals surface area contributed by atoms with Crippen LogP contribution in [-0.4, -0.2) is 42.4 Å². The number of amides is 2. The smallest absolute Gasteiger partial charge is 0.264 e. The first-order valence-corrected chi connectivity index (χ1v) is 6.90. The van der Waals surface area contributed by atoms with Crippen molar-refractivity contribution in [2.24, 2.45) is 5.73 Å². The van der Waals surface area contributed by atoms with Crippen LogP contribution in [0.1, 0.15) is 22.2 Å². The van der Waals surface area contributed by atoms with E-state index in [4.69, 9.17) is 5.73 Å². The van der Waals surface area contributed by atoms with Crippen molar-refractivity contribution in [1.29, 1.82) is 0 Å². The molecule has 0 spiro atoms. The Labute approximate surface area is 110 Å². The van der Waals surface area contributed by atoms with Crippen molar-refractivity contribution in [3.05, 3.63) is 21.9 Å². The maximum absolute atomic E-state index is 12.5. The quantitative estimate of drug-likeness (QED) is 0.822. The van der Waals surface area contributed by atoms with Crippen molar-refractivity contribution in [2.45, 2.75) is 19.4 Å². The van der Waals surface area contributed by atoms with Gasteiger partial charge in [0, 0.05) is 19.6 Å². The maximum Gasteiger partial charge on any atom is 0.264 e. The Kier molecular flexibility index (Phi) is 3.98. The number of nitrogens with one attached hydrogen (secondary N) is 1. The molecule has 0 radical (unpaired) electrons. The summed E-state index contributed by atoms with van der Waals surface area (Å²) >= 11 is 1.43. The third-order valence-electron chi connectivity index (χ3n) is 3.15. The summed E-state index contributed by atoms with van der Waals surface area (Å²) in [6, 6.07) is 1.41. The first-order chi connectivity index (χ1) is 8.65. The molecule has 1 aliphatic rings. The number of aryl methyl sites for hydroxylation is 1. The van der Waals surface area contributed by atoms with Gasteiger partial charge in [0.1, 0.15) is 6.04 Å². The molecule has 5 nitrogen and oxygen atoms in total. The molecule has 2 heterocycles. The molecule has 6 heteroatoms. The normalized spacial score (nSPS) is 19.8. The van der Waals surface area contributed by atoms with Crippen molar-refractivity contribution in [1.82, 2.24) is 10.2 Å². The maximum atomic E-state index is 12.5. The van der Waals surface area contributed by atoms with E-state index in [-0.39, 0.29) is 5.91 Å². The first kappa shape index (κ1) is 13.0. The van der Waals surface area contributed by atoms with Crippen molar-refractivity contribution < 1.29 is 9.59 Å². The first-order valence-electron chi connectivity index (χ1n) is 6.02. The van der Waals surface area contributed by atoms with Gasteiger partial charge in [-0.1, -0.05) is 6.92 Å². The molecular weight excluding hydrogens is 250 g/mol. The Balaban J connectivity index is 2.23. The van der Waals surface area contributed by atoms with Gasteiger partial charge in [-0.2, -0.15) is 0 Å². The molecule has 2 rings (SSSR count). The van der Waals surface area contributed by atoms with Crippen LogP contribution in [0.15, 0.2) is 11.4 Å². The number of primary amides is 1. The minimum atomic E-state index is -0.543. The summed E-state index contributed by atoms with van der Waals surface area (Å²) in [6.07, 6.45) is 0.817. The second-order valence-corrected chi connectivity index (χ2v) is 5.17. The molecule has 1 aromatic heterocycles. The molecule has 98 valence electrons. The predicted octanol–water partition coefficient (Wildman–Crippen LogP) is 0.210. The van der Waals surface area contributed by atoms with Gasteiger partial charge in [-0.05, 0) is 23.4 Å². The zero-order valence-corrected chi connectivity index (χ0v) is 11.1. The molecular formula is C12H17N3O2S. The second-order valence-electron chi connectivity index (χ2n) is 4.25. The van der Waals surface area contributed by atoms with Gasteiger partial charge in [-0.15, -0.1) is 11.3 Å². The number of nitrogens with two attached hydrogens (primary N) is 1. The lowest BCUT2D eigenvalue weighted by Crippen LogP contribution is -2.58. The molecule has 1 aliphatic heterocycles. The van der Waals surface area contributed by atoms with Gasteiger partial charge in [-0.3, -0.25) is 9.59 Å². The zero-order valence-electron chi connectivity index (χ0n) is 10.3. The van der Waals surface area contributed by atoms with Gasteiger partial charge >= 0.3 is 0 Å². The minimum Gasteiger partial charge on any atom is -0.368 e. The number of hydrogen-bond donors (Lipinski definition) is 2. The highest BCUT2D eigenvalue weighted by atomic mass is 32.1. The fourth-order valence-corrected chi connectivity index (χ4v) is 3.08. The highest BCUT2D eigenvalue weighted by Crippen LogP contribution is 2.21. The summed E-state index contributed by atoms with van der Waals surface area (Å²) in [7, 11) is 0. The van der Waals surface area contributed by atoms with Crippen LogP contribution in [0.2, 0.25) is 0 Å². The molecule has 1 saturated heterocycles. The summed E-state index contributed by atoms with van der Waals surface area (Å²) in [4.78, 5) is 26.2. The van der Waals surface area contributed by atoms with Crippen LogP contribution in [0.4, 0.5) is 0 Å². The van der Waals surface area contributed by atoms with Crippen LogP contribution in [0.5, 0.6) is 0 Å². The molecule has 3 N–H and O–H groups in total. The third-order valence-corrected chi connectivity index (χ3v) is 4.10. The fraction of sp³-hybridized carbons (Fsp3) is 0.500. The van der Waals surface area contributed by atoms with Crippen molar-refractivity contribution in [2.75, 3.05) is 19.6 Å². The van der Waals surface area contributed by atoms with Gasteiger partial charge in [0.2, 0.25) is 5.91 Å². The van der Waals surface area contributed by atoms with Gasteiger partial charge in [-0.25, -0.2) is 0 Å². The molecule has 0 saturated carbocycles. The van der Waals surface area contributed by atoms with Crippen molar-refractivity contribution >= 4 is 23.2 Å². The number of nitrogens with zero attached hydrogens (tertiary/aromatic N) is 1. The molecule has 1 unspecified atom stereocenters. The number of rotatable bonds is 3. The summed E-state index contributed by atoms with van der Waals surface area (Å²) < 4.78 is 0. The summed E-state index contributed by atoms with van der Waals surface area (Å²) in [5, 5.41) is 4.99. The molecule has 18 heavy (non-hydrogen) atoms. The highest BCUT2D eigenvalue weighted by molar-refractivity contribution is 7.12. The van der Waals surface area contributed by atoms with E-state index in [0.29, 0.717) is 19.6 Å². The van der Waals surface area contributed by atoms with Crippen LogP contribution in [0.25, 0.3) is 0 Å². The lowest BCUT2D eigenvalue weighted by molar-refractivity contribution is -0.122. The van der Waals surface area contributed by atoms with E-state index in [1.54, 1.807) is 4.90 Å². The minimum absolute atomic E-state index is 0.0767. The largest absolute Gasteiger partial charge is 0.368 e. The number of carbonyl (C=O) groups is 2.